The standard InChI is InChI=1S/C26H20ClNO4S/c1-31-23-11-6-12-24-25(23)21-14-13-19(28-33(29,30)20-9-3-2-4-10-20)16-22(21)26(32-24)17-7-5-8-18(27)15-17/h2-16,26,28H,1H3. The molecule has 0 fully saturated rings. The fraction of sp³-hybridized carbons (Fsp3) is 0.0769. The van der Waals surface area contributed by atoms with Crippen molar-refractivity contribution in [2.24, 2.45) is 0 Å². The number of fused-ring (bicyclic) bond motifs is 3. The van der Waals surface area contributed by atoms with Gasteiger partial charge in [0.1, 0.15) is 17.6 Å². The first-order valence-electron chi connectivity index (χ1n) is 10.3. The van der Waals surface area contributed by atoms with Crippen LogP contribution in [0.1, 0.15) is 17.2 Å². The number of hydrogen-bond acceptors (Lipinski definition) is 4. The number of methoxy groups -OCH3 is 1. The highest BCUT2D eigenvalue weighted by molar-refractivity contribution is 7.92. The van der Waals surface area contributed by atoms with Crippen molar-refractivity contribution in [2.45, 2.75) is 11.0 Å². The van der Waals surface area contributed by atoms with E-state index in [2.05, 4.69) is 4.72 Å². The highest BCUT2D eigenvalue weighted by Crippen LogP contribution is 2.49. The molecule has 0 amide bonds. The number of anilines is 1. The molecule has 0 saturated heterocycles. The minimum Gasteiger partial charge on any atom is -0.496 e. The van der Waals surface area contributed by atoms with Gasteiger partial charge in [-0.25, -0.2) is 8.42 Å². The Labute approximate surface area is 197 Å². The minimum absolute atomic E-state index is 0.192. The van der Waals surface area contributed by atoms with Crippen molar-refractivity contribution >= 4 is 27.3 Å². The van der Waals surface area contributed by atoms with Crippen LogP contribution in [0.2, 0.25) is 5.02 Å². The van der Waals surface area contributed by atoms with Gasteiger partial charge in [0, 0.05) is 16.3 Å². The highest BCUT2D eigenvalue weighted by Gasteiger charge is 2.30. The number of ether oxygens (including phenoxy) is 2. The van der Waals surface area contributed by atoms with Crippen molar-refractivity contribution < 1.29 is 17.9 Å². The van der Waals surface area contributed by atoms with Crippen LogP contribution in [-0.4, -0.2) is 15.5 Å². The van der Waals surface area contributed by atoms with E-state index in [9.17, 15) is 8.42 Å². The van der Waals surface area contributed by atoms with E-state index in [-0.39, 0.29) is 4.90 Å². The molecule has 0 radical (unpaired) electrons. The molecule has 33 heavy (non-hydrogen) atoms. The van der Waals surface area contributed by atoms with E-state index < -0.39 is 16.1 Å². The van der Waals surface area contributed by atoms with Crippen LogP contribution in [-0.2, 0) is 10.0 Å². The maximum absolute atomic E-state index is 12.9. The van der Waals surface area contributed by atoms with E-state index in [1.165, 1.54) is 0 Å². The van der Waals surface area contributed by atoms with Gasteiger partial charge in [0.15, 0.2) is 0 Å². The van der Waals surface area contributed by atoms with E-state index in [0.29, 0.717) is 22.2 Å². The molecule has 0 bridgehead atoms. The zero-order valence-electron chi connectivity index (χ0n) is 17.7. The number of nitrogens with one attached hydrogen (secondary N) is 1. The SMILES string of the molecule is COc1cccc2c1-c1ccc(NS(=O)(=O)c3ccccc3)cc1C(c1cccc(Cl)c1)O2. The number of sulfonamides is 1. The van der Waals surface area contributed by atoms with Crippen LogP contribution in [0, 0.1) is 0 Å². The first kappa shape index (κ1) is 21.4. The van der Waals surface area contributed by atoms with Crippen LogP contribution in [0.25, 0.3) is 11.1 Å². The lowest BCUT2D eigenvalue weighted by Gasteiger charge is -2.30. The number of hydrogen-bond donors (Lipinski definition) is 1. The predicted octanol–water partition coefficient (Wildman–Crippen LogP) is 6.30. The Morgan fingerprint density at radius 3 is 2.45 bits per heavy atom. The van der Waals surface area contributed by atoms with Crippen molar-refractivity contribution in [3.63, 3.8) is 0 Å². The van der Waals surface area contributed by atoms with E-state index >= 15 is 0 Å². The summed E-state index contributed by atoms with van der Waals surface area (Å²) in [7, 11) is -2.13. The molecule has 1 heterocycles. The van der Waals surface area contributed by atoms with Crippen LogP contribution in [0.4, 0.5) is 5.69 Å². The molecule has 166 valence electrons. The summed E-state index contributed by atoms with van der Waals surface area (Å²) in [5.41, 5.74) is 3.83. The molecule has 1 atom stereocenters. The fourth-order valence-corrected chi connectivity index (χ4v) is 5.31. The molecule has 4 aromatic carbocycles. The summed E-state index contributed by atoms with van der Waals surface area (Å²) in [6.07, 6.45) is -0.473. The van der Waals surface area contributed by atoms with Crippen molar-refractivity contribution in [3.05, 3.63) is 107 Å². The van der Waals surface area contributed by atoms with Gasteiger partial charge in [-0.1, -0.05) is 54.1 Å². The molecule has 0 aromatic heterocycles. The van der Waals surface area contributed by atoms with E-state index in [1.807, 2.05) is 42.5 Å². The van der Waals surface area contributed by atoms with Gasteiger partial charge in [0.2, 0.25) is 0 Å². The summed E-state index contributed by atoms with van der Waals surface area (Å²) in [6.45, 7) is 0. The van der Waals surface area contributed by atoms with Crippen molar-refractivity contribution in [1.82, 2.24) is 0 Å². The summed E-state index contributed by atoms with van der Waals surface area (Å²) in [5, 5.41) is 0.593. The second-order valence-corrected chi connectivity index (χ2v) is 9.73. The van der Waals surface area contributed by atoms with Gasteiger partial charge in [-0.15, -0.1) is 0 Å². The lowest BCUT2D eigenvalue weighted by Crippen LogP contribution is -2.17. The monoisotopic (exact) mass is 477 g/mol. The molecule has 0 aliphatic carbocycles. The minimum atomic E-state index is -3.74. The Morgan fingerprint density at radius 2 is 1.70 bits per heavy atom. The maximum Gasteiger partial charge on any atom is 0.261 e. The maximum atomic E-state index is 12.9. The second-order valence-electron chi connectivity index (χ2n) is 7.61. The van der Waals surface area contributed by atoms with Gasteiger partial charge < -0.3 is 9.47 Å². The van der Waals surface area contributed by atoms with Gasteiger partial charge in [-0.2, -0.15) is 0 Å². The third-order valence-electron chi connectivity index (χ3n) is 5.51. The molecular formula is C26H20ClNO4S. The summed E-state index contributed by atoms with van der Waals surface area (Å²) in [6, 6.07) is 26.8. The smallest absolute Gasteiger partial charge is 0.261 e. The molecule has 4 aromatic rings. The van der Waals surface area contributed by atoms with Crippen LogP contribution in [0.5, 0.6) is 11.5 Å². The van der Waals surface area contributed by atoms with Gasteiger partial charge >= 0.3 is 0 Å². The molecule has 1 aliphatic rings. The van der Waals surface area contributed by atoms with E-state index in [4.69, 9.17) is 21.1 Å². The first-order chi connectivity index (χ1) is 16.0. The quantitative estimate of drug-likeness (QED) is 0.366. The zero-order valence-corrected chi connectivity index (χ0v) is 19.2. The van der Waals surface area contributed by atoms with Crippen molar-refractivity contribution in [1.29, 1.82) is 0 Å². The van der Waals surface area contributed by atoms with Gasteiger partial charge in [0.25, 0.3) is 10.0 Å². The Hall–Kier alpha value is -3.48. The van der Waals surface area contributed by atoms with E-state index in [0.717, 1.165) is 22.3 Å². The summed E-state index contributed by atoms with van der Waals surface area (Å²) in [5.74, 6) is 1.36. The predicted molar refractivity (Wildman–Crippen MR) is 130 cm³/mol. The zero-order chi connectivity index (χ0) is 23.0. The second kappa shape index (κ2) is 8.46. The van der Waals surface area contributed by atoms with Gasteiger partial charge in [-0.05, 0) is 59.7 Å². The lowest BCUT2D eigenvalue weighted by atomic mass is 9.89. The number of halogens is 1. The molecule has 1 unspecified atom stereocenters. The van der Waals surface area contributed by atoms with E-state index in [1.54, 1.807) is 55.6 Å². The largest absolute Gasteiger partial charge is 0.496 e. The summed E-state index contributed by atoms with van der Waals surface area (Å²) < 4.78 is 40.4. The first-order valence-corrected chi connectivity index (χ1v) is 12.1. The molecule has 5 rings (SSSR count). The fourth-order valence-electron chi connectivity index (χ4n) is 4.04. The molecule has 7 heteroatoms. The summed E-state index contributed by atoms with van der Waals surface area (Å²) in [4.78, 5) is 0.192. The van der Waals surface area contributed by atoms with Crippen molar-refractivity contribution in [2.75, 3.05) is 11.8 Å². The Kier molecular flexibility index (Phi) is 5.48. The van der Waals surface area contributed by atoms with Crippen LogP contribution in [0.15, 0.2) is 95.9 Å². The average molecular weight is 478 g/mol. The third kappa shape index (κ3) is 4.03. The van der Waals surface area contributed by atoms with Crippen molar-refractivity contribution in [3.8, 4) is 22.6 Å². The molecule has 1 N–H and O–H groups in total. The Bertz CT molecular complexity index is 1440. The molecule has 1 aliphatic heterocycles. The lowest BCUT2D eigenvalue weighted by molar-refractivity contribution is 0.242. The van der Waals surface area contributed by atoms with Crippen LogP contribution < -0.4 is 14.2 Å². The molecular weight excluding hydrogens is 458 g/mol. The third-order valence-corrected chi connectivity index (χ3v) is 7.15. The topological polar surface area (TPSA) is 64.6 Å². The molecule has 5 nitrogen and oxygen atoms in total. The number of rotatable bonds is 5. The Balaban J connectivity index is 1.64. The van der Waals surface area contributed by atoms with Gasteiger partial charge in [-0.3, -0.25) is 4.72 Å². The van der Waals surface area contributed by atoms with Gasteiger partial charge in [0.05, 0.1) is 17.6 Å². The average Bonchev–Trinajstić information content (AvgIpc) is 2.83. The van der Waals surface area contributed by atoms with Crippen LogP contribution in [0.3, 0.4) is 0 Å². The Morgan fingerprint density at radius 1 is 0.909 bits per heavy atom. The summed E-state index contributed by atoms with van der Waals surface area (Å²) >= 11 is 6.26. The normalized spacial score (nSPS) is 14.5. The number of benzene rings is 4. The molecule has 0 saturated carbocycles. The molecule has 0 spiro atoms. The highest BCUT2D eigenvalue weighted by atomic mass is 35.5. The van der Waals surface area contributed by atoms with Crippen LogP contribution >= 0.6 is 11.6 Å².